The molecule has 0 fully saturated rings. The van der Waals surface area contributed by atoms with E-state index < -0.39 is 0 Å². The van der Waals surface area contributed by atoms with Gasteiger partial charge in [-0.1, -0.05) is 36.4 Å². The topological polar surface area (TPSA) is 31.9 Å². The molecule has 0 atom stereocenters. The van der Waals surface area contributed by atoms with Gasteiger partial charge in [0.15, 0.2) is 0 Å². The summed E-state index contributed by atoms with van der Waals surface area (Å²) in [6, 6.07) is 16.3. The Labute approximate surface area is 99.7 Å². The standard InChI is InChI=1S/C14H12N3/c1-11-9-10-17(15-11)16-14-8-4-6-12-5-2-3-7-13(12)14/h2-10H,1H3. The van der Waals surface area contributed by atoms with Crippen LogP contribution in [0.5, 0.6) is 0 Å². The molecule has 0 bridgehead atoms. The molecule has 83 valence electrons. The molecule has 0 aliphatic rings. The van der Waals surface area contributed by atoms with E-state index in [1.54, 1.807) is 4.79 Å². The van der Waals surface area contributed by atoms with Crippen LogP contribution < -0.4 is 5.43 Å². The summed E-state index contributed by atoms with van der Waals surface area (Å²) in [4.78, 5) is 1.61. The van der Waals surface area contributed by atoms with Gasteiger partial charge in [-0.05, 0) is 24.4 Å². The van der Waals surface area contributed by atoms with Gasteiger partial charge in [-0.15, -0.1) is 0 Å². The number of fused-ring (bicyclic) bond motifs is 1. The van der Waals surface area contributed by atoms with Crippen LogP contribution in [-0.2, 0) is 0 Å². The average molecular weight is 222 g/mol. The minimum absolute atomic E-state index is 0.936. The van der Waals surface area contributed by atoms with E-state index in [9.17, 15) is 0 Å². The highest BCUT2D eigenvalue weighted by molar-refractivity contribution is 5.91. The lowest BCUT2D eigenvalue weighted by Crippen LogP contribution is -2.08. The second-order valence-electron chi connectivity index (χ2n) is 3.98. The lowest BCUT2D eigenvalue weighted by atomic mass is 10.1. The third-order valence-corrected chi connectivity index (χ3v) is 2.69. The highest BCUT2D eigenvalue weighted by Gasteiger charge is 2.02. The van der Waals surface area contributed by atoms with Gasteiger partial charge in [0.05, 0.1) is 17.6 Å². The summed E-state index contributed by atoms with van der Waals surface area (Å²) >= 11 is 0. The number of benzene rings is 2. The number of aryl methyl sites for hydroxylation is 1. The summed E-state index contributed by atoms with van der Waals surface area (Å²) in [6.07, 6.45) is 1.86. The van der Waals surface area contributed by atoms with E-state index in [0.29, 0.717) is 0 Å². The molecule has 0 N–H and O–H groups in total. The van der Waals surface area contributed by atoms with E-state index in [1.165, 1.54) is 5.39 Å². The lowest BCUT2D eigenvalue weighted by Gasteiger charge is -2.05. The zero-order valence-electron chi connectivity index (χ0n) is 9.54. The fourth-order valence-electron chi connectivity index (χ4n) is 1.86. The fraction of sp³-hybridized carbons (Fsp3) is 0.0714. The summed E-state index contributed by atoms with van der Waals surface area (Å²) in [5, 5.41) is 6.60. The monoisotopic (exact) mass is 222 g/mol. The van der Waals surface area contributed by atoms with Crippen molar-refractivity contribution in [2.45, 2.75) is 6.92 Å². The van der Waals surface area contributed by atoms with Crippen molar-refractivity contribution in [2.75, 3.05) is 0 Å². The molecule has 0 saturated carbocycles. The van der Waals surface area contributed by atoms with E-state index in [2.05, 4.69) is 28.7 Å². The van der Waals surface area contributed by atoms with Crippen molar-refractivity contribution >= 4 is 16.5 Å². The van der Waals surface area contributed by atoms with Gasteiger partial charge < -0.3 is 0 Å². The fourth-order valence-corrected chi connectivity index (χ4v) is 1.86. The van der Waals surface area contributed by atoms with E-state index in [1.807, 2.05) is 43.5 Å². The predicted octanol–water partition coefficient (Wildman–Crippen LogP) is 3.04. The predicted molar refractivity (Wildman–Crippen MR) is 68.1 cm³/mol. The van der Waals surface area contributed by atoms with Gasteiger partial charge >= 0.3 is 0 Å². The molecule has 0 aliphatic heterocycles. The molecule has 3 rings (SSSR count). The quantitative estimate of drug-likeness (QED) is 0.655. The van der Waals surface area contributed by atoms with Crippen LogP contribution in [0.15, 0.2) is 54.7 Å². The normalized spacial score (nSPS) is 10.6. The summed E-state index contributed by atoms with van der Waals surface area (Å²) in [5.74, 6) is 0. The number of nitrogens with zero attached hydrogens (tertiary/aromatic N) is 3. The average Bonchev–Trinajstić information content (AvgIpc) is 2.75. The van der Waals surface area contributed by atoms with Gasteiger partial charge in [0.25, 0.3) is 0 Å². The van der Waals surface area contributed by atoms with Gasteiger partial charge in [-0.2, -0.15) is 15.3 Å². The van der Waals surface area contributed by atoms with Crippen molar-refractivity contribution in [1.29, 1.82) is 0 Å². The van der Waals surface area contributed by atoms with Crippen LogP contribution >= 0.6 is 0 Å². The molecule has 3 heteroatoms. The molecular weight excluding hydrogens is 210 g/mol. The molecule has 1 heterocycles. The zero-order valence-corrected chi connectivity index (χ0v) is 9.54. The smallest absolute Gasteiger partial charge is 0.0935 e. The molecule has 0 unspecified atom stereocenters. The Morgan fingerprint density at radius 3 is 2.65 bits per heavy atom. The maximum absolute atomic E-state index is 4.50. The molecular formula is C14H12N3. The summed E-state index contributed by atoms with van der Waals surface area (Å²) in [7, 11) is 0. The van der Waals surface area contributed by atoms with Crippen molar-refractivity contribution in [3.63, 3.8) is 0 Å². The Morgan fingerprint density at radius 2 is 1.82 bits per heavy atom. The number of rotatable bonds is 2. The summed E-state index contributed by atoms with van der Waals surface area (Å²) in [6.45, 7) is 1.95. The van der Waals surface area contributed by atoms with E-state index in [4.69, 9.17) is 0 Å². The van der Waals surface area contributed by atoms with E-state index in [-0.39, 0.29) is 0 Å². The molecule has 0 saturated heterocycles. The molecule has 2 aromatic carbocycles. The van der Waals surface area contributed by atoms with Crippen LogP contribution in [0.1, 0.15) is 5.69 Å². The molecule has 1 aromatic heterocycles. The van der Waals surface area contributed by atoms with Crippen LogP contribution in [-0.4, -0.2) is 9.89 Å². The van der Waals surface area contributed by atoms with Crippen molar-refractivity contribution in [1.82, 2.24) is 15.3 Å². The maximum atomic E-state index is 4.50. The van der Waals surface area contributed by atoms with E-state index in [0.717, 1.165) is 16.8 Å². The van der Waals surface area contributed by atoms with Crippen LogP contribution in [0.3, 0.4) is 0 Å². The van der Waals surface area contributed by atoms with Gasteiger partial charge in [-0.3, -0.25) is 0 Å². The first-order valence-corrected chi connectivity index (χ1v) is 5.55. The Hall–Kier alpha value is -2.29. The van der Waals surface area contributed by atoms with Crippen LogP contribution in [0.25, 0.3) is 10.8 Å². The highest BCUT2D eigenvalue weighted by atomic mass is 15.5. The van der Waals surface area contributed by atoms with Crippen LogP contribution in [0, 0.1) is 6.92 Å². The molecule has 3 aromatic rings. The zero-order chi connectivity index (χ0) is 11.7. The van der Waals surface area contributed by atoms with Gasteiger partial charge in [0.1, 0.15) is 0 Å². The highest BCUT2D eigenvalue weighted by Crippen LogP contribution is 2.22. The SMILES string of the molecule is Cc1ccn([N]c2cccc3ccccc23)n1. The lowest BCUT2D eigenvalue weighted by molar-refractivity contribution is 0.609. The third kappa shape index (κ3) is 1.87. The second-order valence-corrected chi connectivity index (χ2v) is 3.98. The molecule has 0 spiro atoms. The Morgan fingerprint density at radius 1 is 1.00 bits per heavy atom. The number of hydrogen-bond donors (Lipinski definition) is 0. The molecule has 0 amide bonds. The van der Waals surface area contributed by atoms with Crippen molar-refractivity contribution in [2.24, 2.45) is 0 Å². The van der Waals surface area contributed by atoms with Gasteiger partial charge in [0.2, 0.25) is 0 Å². The second kappa shape index (κ2) is 3.94. The Bertz CT molecular complexity index is 650. The summed E-state index contributed by atoms with van der Waals surface area (Å²) < 4.78 is 0. The Kier molecular flexibility index (Phi) is 2.29. The maximum Gasteiger partial charge on any atom is 0.0935 e. The van der Waals surface area contributed by atoms with Crippen molar-refractivity contribution in [3.05, 3.63) is 60.4 Å². The molecule has 1 radical (unpaired) electrons. The number of hydrogen-bond acceptors (Lipinski definition) is 1. The largest absolute Gasteiger partial charge is 0.158 e. The first kappa shape index (κ1) is 9.90. The van der Waals surface area contributed by atoms with E-state index >= 15 is 0 Å². The third-order valence-electron chi connectivity index (χ3n) is 2.69. The molecule has 0 aliphatic carbocycles. The van der Waals surface area contributed by atoms with Gasteiger partial charge in [0, 0.05) is 5.39 Å². The molecule has 17 heavy (non-hydrogen) atoms. The van der Waals surface area contributed by atoms with Crippen molar-refractivity contribution < 1.29 is 0 Å². The summed E-state index contributed by atoms with van der Waals surface area (Å²) in [5.41, 5.74) is 6.40. The number of aromatic nitrogens is 2. The first-order chi connectivity index (χ1) is 8.33. The Balaban J connectivity index is 2.05. The van der Waals surface area contributed by atoms with Crippen LogP contribution in [0.4, 0.5) is 5.69 Å². The van der Waals surface area contributed by atoms with Gasteiger partial charge in [-0.25, -0.2) is 0 Å². The molecule has 3 nitrogen and oxygen atoms in total. The minimum atomic E-state index is 0.936. The van der Waals surface area contributed by atoms with Crippen molar-refractivity contribution in [3.8, 4) is 0 Å². The minimum Gasteiger partial charge on any atom is -0.158 e. The first-order valence-electron chi connectivity index (χ1n) is 5.55. The van der Waals surface area contributed by atoms with Crippen LogP contribution in [0.2, 0.25) is 0 Å².